The molecule has 0 radical (unpaired) electrons. The molecule has 2 atom stereocenters. The molecule has 0 aliphatic carbocycles. The van der Waals surface area contributed by atoms with Crippen LogP contribution in [0.1, 0.15) is 40.5 Å². The van der Waals surface area contributed by atoms with Gasteiger partial charge in [-0.15, -0.1) is 0 Å². The number of rotatable bonds is 4. The largest absolute Gasteiger partial charge is 0.464 e. The molecule has 5 nitrogen and oxygen atoms in total. The third kappa shape index (κ3) is 3.98. The van der Waals surface area contributed by atoms with Crippen LogP contribution in [-0.4, -0.2) is 36.6 Å². The Morgan fingerprint density at radius 2 is 2.11 bits per heavy atom. The third-order valence-corrected chi connectivity index (χ3v) is 3.22. The van der Waals surface area contributed by atoms with Crippen molar-refractivity contribution in [2.45, 2.75) is 52.1 Å². The van der Waals surface area contributed by atoms with Gasteiger partial charge >= 0.3 is 5.97 Å². The summed E-state index contributed by atoms with van der Waals surface area (Å²) in [5.74, 6) is -0.461. The van der Waals surface area contributed by atoms with E-state index in [9.17, 15) is 9.59 Å². The summed E-state index contributed by atoms with van der Waals surface area (Å²) < 4.78 is 4.95. The van der Waals surface area contributed by atoms with Gasteiger partial charge in [-0.2, -0.15) is 0 Å². The van der Waals surface area contributed by atoms with Crippen molar-refractivity contribution >= 4 is 11.9 Å². The molecule has 104 valence electrons. The van der Waals surface area contributed by atoms with Crippen LogP contribution in [0.15, 0.2) is 0 Å². The van der Waals surface area contributed by atoms with E-state index in [1.165, 1.54) is 0 Å². The molecule has 0 unspecified atom stereocenters. The number of nitrogens with one attached hydrogen (secondary N) is 2. The Kier molecular flexibility index (Phi) is 5.14. The summed E-state index contributed by atoms with van der Waals surface area (Å²) in [7, 11) is 0. The lowest BCUT2D eigenvalue weighted by atomic mass is 9.91. The summed E-state index contributed by atoms with van der Waals surface area (Å²) in [5.41, 5.74) is -0.957. The first-order valence-corrected chi connectivity index (χ1v) is 6.59. The fraction of sp³-hybridized carbons (Fsp3) is 0.846. The minimum absolute atomic E-state index is 0.0186. The van der Waals surface area contributed by atoms with Gasteiger partial charge in [0.05, 0.1) is 6.61 Å². The van der Waals surface area contributed by atoms with E-state index in [2.05, 4.69) is 17.6 Å². The molecule has 1 aliphatic rings. The Morgan fingerprint density at radius 3 is 2.67 bits per heavy atom. The van der Waals surface area contributed by atoms with E-state index in [0.29, 0.717) is 12.6 Å². The van der Waals surface area contributed by atoms with Crippen LogP contribution in [0.2, 0.25) is 0 Å². The van der Waals surface area contributed by atoms with E-state index in [-0.39, 0.29) is 17.8 Å². The Bertz CT molecular complexity index is 315. The highest BCUT2D eigenvalue weighted by Gasteiger charge is 2.34. The van der Waals surface area contributed by atoms with Crippen molar-refractivity contribution in [2.75, 3.05) is 13.2 Å². The fourth-order valence-electron chi connectivity index (χ4n) is 2.14. The highest BCUT2D eigenvalue weighted by atomic mass is 16.5. The number of hydrogen-bond acceptors (Lipinski definition) is 4. The number of amides is 1. The predicted molar refractivity (Wildman–Crippen MR) is 69.0 cm³/mol. The third-order valence-electron chi connectivity index (χ3n) is 3.22. The van der Waals surface area contributed by atoms with E-state index >= 15 is 0 Å². The molecule has 0 aromatic rings. The first-order chi connectivity index (χ1) is 8.36. The lowest BCUT2D eigenvalue weighted by Crippen LogP contribution is -2.54. The van der Waals surface area contributed by atoms with Crippen LogP contribution in [0.3, 0.4) is 0 Å². The summed E-state index contributed by atoms with van der Waals surface area (Å²) in [6.07, 6.45) is 1.62. The molecule has 0 aromatic heterocycles. The smallest absolute Gasteiger partial charge is 0.331 e. The van der Waals surface area contributed by atoms with Gasteiger partial charge in [-0.3, -0.25) is 4.79 Å². The number of carbonyl (C=O) groups excluding carboxylic acids is 2. The molecular formula is C13H24N2O3. The van der Waals surface area contributed by atoms with Gasteiger partial charge in [0.15, 0.2) is 0 Å². The van der Waals surface area contributed by atoms with Crippen molar-refractivity contribution in [1.82, 2.24) is 10.6 Å². The van der Waals surface area contributed by atoms with Crippen molar-refractivity contribution in [1.29, 1.82) is 0 Å². The first kappa shape index (κ1) is 15.0. The zero-order valence-electron chi connectivity index (χ0n) is 11.7. The highest BCUT2D eigenvalue weighted by molar-refractivity contribution is 5.88. The topological polar surface area (TPSA) is 67.4 Å². The van der Waals surface area contributed by atoms with E-state index in [1.54, 1.807) is 20.8 Å². The molecule has 1 rings (SSSR count). The van der Waals surface area contributed by atoms with Crippen LogP contribution in [0.25, 0.3) is 0 Å². The van der Waals surface area contributed by atoms with Crippen molar-refractivity contribution < 1.29 is 14.3 Å². The van der Waals surface area contributed by atoms with Crippen molar-refractivity contribution in [2.24, 2.45) is 5.92 Å². The zero-order chi connectivity index (χ0) is 13.8. The van der Waals surface area contributed by atoms with Crippen LogP contribution in [0, 0.1) is 5.92 Å². The predicted octanol–water partition coefficient (Wildman–Crippen LogP) is 0.832. The average molecular weight is 256 g/mol. The summed E-state index contributed by atoms with van der Waals surface area (Å²) in [4.78, 5) is 23.8. The second kappa shape index (κ2) is 6.18. The highest BCUT2D eigenvalue weighted by Crippen LogP contribution is 2.17. The molecule has 0 spiro atoms. The molecule has 1 heterocycles. The molecule has 5 heteroatoms. The minimum atomic E-state index is -0.957. The summed E-state index contributed by atoms with van der Waals surface area (Å²) >= 11 is 0. The number of piperidine rings is 1. The lowest BCUT2D eigenvalue weighted by Gasteiger charge is -2.30. The average Bonchev–Trinajstić information content (AvgIpc) is 2.28. The minimum Gasteiger partial charge on any atom is -0.464 e. The molecule has 18 heavy (non-hydrogen) atoms. The Morgan fingerprint density at radius 1 is 1.44 bits per heavy atom. The number of ether oxygens (including phenoxy) is 1. The number of hydrogen-bond donors (Lipinski definition) is 2. The molecule has 1 aliphatic heterocycles. The molecule has 2 N–H and O–H groups in total. The number of esters is 1. The molecule has 1 amide bonds. The number of carbonyl (C=O) groups is 2. The zero-order valence-corrected chi connectivity index (χ0v) is 11.7. The van der Waals surface area contributed by atoms with Gasteiger partial charge in [0.1, 0.15) is 5.54 Å². The van der Waals surface area contributed by atoms with Crippen LogP contribution < -0.4 is 10.6 Å². The van der Waals surface area contributed by atoms with Gasteiger partial charge in [-0.1, -0.05) is 0 Å². The van der Waals surface area contributed by atoms with E-state index in [1.807, 2.05) is 0 Å². The van der Waals surface area contributed by atoms with Crippen LogP contribution in [-0.2, 0) is 14.3 Å². The second-order valence-corrected chi connectivity index (χ2v) is 5.41. The lowest BCUT2D eigenvalue weighted by molar-refractivity contribution is -0.152. The summed E-state index contributed by atoms with van der Waals surface area (Å²) in [6, 6.07) is 0.347. The van der Waals surface area contributed by atoms with Crippen LogP contribution in [0.5, 0.6) is 0 Å². The van der Waals surface area contributed by atoms with Gasteiger partial charge in [-0.25, -0.2) is 4.79 Å². The van der Waals surface area contributed by atoms with Gasteiger partial charge in [0.25, 0.3) is 0 Å². The van der Waals surface area contributed by atoms with Crippen LogP contribution >= 0.6 is 0 Å². The second-order valence-electron chi connectivity index (χ2n) is 5.41. The molecule has 1 fully saturated rings. The van der Waals surface area contributed by atoms with Gasteiger partial charge in [0, 0.05) is 12.0 Å². The monoisotopic (exact) mass is 256 g/mol. The maximum absolute atomic E-state index is 12.1. The normalized spacial score (nSPS) is 24.4. The molecule has 1 saturated heterocycles. The SMILES string of the molecule is CCOC(=O)C(C)(C)NC(=O)[C@H]1CCN[C@@H](C)C1. The van der Waals surface area contributed by atoms with Crippen molar-refractivity contribution in [3.05, 3.63) is 0 Å². The molecular weight excluding hydrogens is 232 g/mol. The quantitative estimate of drug-likeness (QED) is 0.731. The van der Waals surface area contributed by atoms with Gasteiger partial charge in [0.2, 0.25) is 5.91 Å². The Hall–Kier alpha value is -1.10. The summed E-state index contributed by atoms with van der Waals surface area (Å²) in [6.45, 7) is 8.34. The van der Waals surface area contributed by atoms with E-state index in [0.717, 1.165) is 19.4 Å². The molecule has 0 saturated carbocycles. The van der Waals surface area contributed by atoms with Gasteiger partial charge < -0.3 is 15.4 Å². The Balaban J connectivity index is 2.55. The van der Waals surface area contributed by atoms with Crippen LogP contribution in [0.4, 0.5) is 0 Å². The standard InChI is InChI=1S/C13H24N2O3/c1-5-18-12(17)13(3,4)15-11(16)10-6-7-14-9(2)8-10/h9-10,14H,5-8H2,1-4H3,(H,15,16)/t9-,10-/m0/s1. The fourth-order valence-corrected chi connectivity index (χ4v) is 2.14. The summed E-state index contributed by atoms with van der Waals surface area (Å²) in [5, 5.41) is 6.09. The maximum Gasteiger partial charge on any atom is 0.331 e. The van der Waals surface area contributed by atoms with Crippen molar-refractivity contribution in [3.8, 4) is 0 Å². The maximum atomic E-state index is 12.1. The van der Waals surface area contributed by atoms with Crippen molar-refractivity contribution in [3.63, 3.8) is 0 Å². The first-order valence-electron chi connectivity index (χ1n) is 6.59. The van der Waals surface area contributed by atoms with E-state index in [4.69, 9.17) is 4.74 Å². The van der Waals surface area contributed by atoms with Gasteiger partial charge in [-0.05, 0) is 47.1 Å². The molecule has 0 bridgehead atoms. The Labute approximate surface area is 109 Å². The molecule has 0 aromatic carbocycles. The van der Waals surface area contributed by atoms with E-state index < -0.39 is 5.54 Å².